The molecule has 3 nitrogen and oxygen atoms in total. The summed E-state index contributed by atoms with van der Waals surface area (Å²) in [4.78, 5) is 14.1. The number of allylic oxidation sites excluding steroid dienone is 1. The highest BCUT2D eigenvalue weighted by atomic mass is 16.2. The molecule has 0 bridgehead atoms. The van der Waals surface area contributed by atoms with Crippen molar-refractivity contribution in [1.29, 1.82) is 0 Å². The van der Waals surface area contributed by atoms with Gasteiger partial charge in [0.1, 0.15) is 0 Å². The van der Waals surface area contributed by atoms with Gasteiger partial charge in [0.05, 0.1) is 6.04 Å². The Hall–Kier alpha value is -0.830. The number of nitrogens with zero attached hydrogens (tertiary/aromatic N) is 1. The van der Waals surface area contributed by atoms with Gasteiger partial charge in [-0.15, -0.1) is 0 Å². The third kappa shape index (κ3) is 4.81. The van der Waals surface area contributed by atoms with Crippen molar-refractivity contribution in [3.05, 3.63) is 12.2 Å². The highest BCUT2D eigenvalue weighted by Gasteiger charge is 2.20. The minimum Gasteiger partial charge on any atom is -0.342 e. The molecule has 3 heteroatoms. The Morgan fingerprint density at radius 2 is 2.06 bits per heavy atom. The second kappa shape index (κ2) is 8.30. The SMILES string of the molecule is CCN(CC)C(=O)C(C)NC1/C=C/CCCCC1. The van der Waals surface area contributed by atoms with E-state index < -0.39 is 0 Å². The van der Waals surface area contributed by atoms with Crippen molar-refractivity contribution in [2.75, 3.05) is 13.1 Å². The number of carbonyl (C=O) groups is 1. The summed E-state index contributed by atoms with van der Waals surface area (Å²) in [5.74, 6) is 0.218. The van der Waals surface area contributed by atoms with E-state index in [0.29, 0.717) is 6.04 Å². The molecular formula is C15H28N2O. The molecule has 0 aromatic carbocycles. The van der Waals surface area contributed by atoms with E-state index in [9.17, 15) is 4.79 Å². The normalized spacial score (nSPS) is 23.8. The maximum absolute atomic E-state index is 12.2. The molecule has 2 unspecified atom stereocenters. The van der Waals surface area contributed by atoms with Crippen LogP contribution in [-0.2, 0) is 4.79 Å². The maximum atomic E-state index is 12.2. The van der Waals surface area contributed by atoms with Crippen molar-refractivity contribution in [1.82, 2.24) is 10.2 Å². The minimum atomic E-state index is -0.0843. The lowest BCUT2D eigenvalue weighted by atomic mass is 10.0. The van der Waals surface area contributed by atoms with Crippen molar-refractivity contribution < 1.29 is 4.79 Å². The average Bonchev–Trinajstić information content (AvgIpc) is 2.33. The Balaban J connectivity index is 2.48. The van der Waals surface area contributed by atoms with Gasteiger partial charge in [0, 0.05) is 19.1 Å². The quantitative estimate of drug-likeness (QED) is 0.763. The molecule has 1 rings (SSSR count). The van der Waals surface area contributed by atoms with E-state index in [1.807, 2.05) is 25.7 Å². The number of likely N-dealkylation sites (N-methyl/N-ethyl adjacent to an activating group) is 1. The summed E-state index contributed by atoms with van der Waals surface area (Å²) in [7, 11) is 0. The third-order valence-electron chi connectivity index (χ3n) is 3.66. The summed E-state index contributed by atoms with van der Waals surface area (Å²) in [5.41, 5.74) is 0. The molecule has 0 aromatic rings. The van der Waals surface area contributed by atoms with Gasteiger partial charge in [0.2, 0.25) is 5.91 Å². The summed E-state index contributed by atoms with van der Waals surface area (Å²) in [6, 6.07) is 0.277. The highest BCUT2D eigenvalue weighted by Crippen LogP contribution is 2.12. The number of carbonyl (C=O) groups excluding carboxylic acids is 1. The van der Waals surface area contributed by atoms with E-state index in [-0.39, 0.29) is 11.9 Å². The molecule has 0 fully saturated rings. The zero-order valence-corrected chi connectivity index (χ0v) is 12.1. The molecule has 1 amide bonds. The zero-order valence-electron chi connectivity index (χ0n) is 12.1. The van der Waals surface area contributed by atoms with Gasteiger partial charge < -0.3 is 4.90 Å². The first kappa shape index (κ1) is 15.2. The molecule has 104 valence electrons. The lowest BCUT2D eigenvalue weighted by Gasteiger charge is -2.26. The van der Waals surface area contributed by atoms with E-state index in [1.54, 1.807) is 0 Å². The second-order valence-corrected chi connectivity index (χ2v) is 5.07. The molecule has 0 saturated heterocycles. The Kier molecular flexibility index (Phi) is 7.02. The Morgan fingerprint density at radius 3 is 2.72 bits per heavy atom. The first-order valence-electron chi connectivity index (χ1n) is 7.40. The van der Waals surface area contributed by atoms with E-state index in [2.05, 4.69) is 17.5 Å². The molecule has 0 spiro atoms. The Bertz CT molecular complexity index is 272. The van der Waals surface area contributed by atoms with Crippen LogP contribution in [0.1, 0.15) is 52.9 Å². The predicted molar refractivity (Wildman–Crippen MR) is 76.5 cm³/mol. The second-order valence-electron chi connectivity index (χ2n) is 5.07. The minimum absolute atomic E-state index is 0.0843. The van der Waals surface area contributed by atoms with Crippen molar-refractivity contribution in [3.8, 4) is 0 Å². The van der Waals surface area contributed by atoms with Gasteiger partial charge in [-0.25, -0.2) is 0 Å². The number of hydrogen-bond donors (Lipinski definition) is 1. The zero-order chi connectivity index (χ0) is 13.4. The number of nitrogens with one attached hydrogen (secondary N) is 1. The molecule has 0 heterocycles. The molecule has 2 atom stereocenters. The molecule has 18 heavy (non-hydrogen) atoms. The van der Waals surface area contributed by atoms with Gasteiger partial charge in [0.25, 0.3) is 0 Å². The third-order valence-corrected chi connectivity index (χ3v) is 3.66. The average molecular weight is 252 g/mol. The van der Waals surface area contributed by atoms with Crippen LogP contribution in [0.2, 0.25) is 0 Å². The molecule has 1 aliphatic rings. The van der Waals surface area contributed by atoms with Gasteiger partial charge in [0.15, 0.2) is 0 Å². The smallest absolute Gasteiger partial charge is 0.239 e. The van der Waals surface area contributed by atoms with Gasteiger partial charge >= 0.3 is 0 Å². The van der Waals surface area contributed by atoms with E-state index in [1.165, 1.54) is 25.7 Å². The van der Waals surface area contributed by atoms with Crippen LogP contribution in [0.15, 0.2) is 12.2 Å². The molecule has 1 N–H and O–H groups in total. The number of rotatable bonds is 5. The van der Waals surface area contributed by atoms with Crippen molar-refractivity contribution in [2.45, 2.75) is 65.0 Å². The Morgan fingerprint density at radius 1 is 1.33 bits per heavy atom. The van der Waals surface area contributed by atoms with Crippen LogP contribution >= 0.6 is 0 Å². The van der Waals surface area contributed by atoms with Crippen LogP contribution in [0, 0.1) is 0 Å². The first-order chi connectivity index (χ1) is 8.69. The fourth-order valence-corrected chi connectivity index (χ4v) is 2.50. The monoisotopic (exact) mass is 252 g/mol. The van der Waals surface area contributed by atoms with Crippen LogP contribution in [0.3, 0.4) is 0 Å². The van der Waals surface area contributed by atoms with Crippen molar-refractivity contribution in [3.63, 3.8) is 0 Å². The largest absolute Gasteiger partial charge is 0.342 e. The lowest BCUT2D eigenvalue weighted by Crippen LogP contribution is -2.47. The summed E-state index contributed by atoms with van der Waals surface area (Å²) in [5, 5.41) is 3.46. The summed E-state index contributed by atoms with van der Waals surface area (Å²) < 4.78 is 0. The fraction of sp³-hybridized carbons (Fsp3) is 0.800. The fourth-order valence-electron chi connectivity index (χ4n) is 2.50. The molecule has 0 aliphatic heterocycles. The van der Waals surface area contributed by atoms with Crippen molar-refractivity contribution in [2.24, 2.45) is 0 Å². The van der Waals surface area contributed by atoms with Crippen LogP contribution in [0.5, 0.6) is 0 Å². The molecule has 0 saturated carbocycles. The summed E-state index contributed by atoms with van der Waals surface area (Å²) in [6.07, 6.45) is 10.7. The topological polar surface area (TPSA) is 32.3 Å². The molecule has 1 aliphatic carbocycles. The van der Waals surface area contributed by atoms with Crippen molar-refractivity contribution >= 4 is 5.91 Å². The Labute approximate surface area is 112 Å². The van der Waals surface area contributed by atoms with Gasteiger partial charge in [-0.3, -0.25) is 10.1 Å². The summed E-state index contributed by atoms with van der Waals surface area (Å²) >= 11 is 0. The standard InChI is InChI=1S/C15H28N2O/c1-4-17(5-2)15(18)13(3)16-14-11-9-7-6-8-10-12-14/h9,11,13-14,16H,4-8,10,12H2,1-3H3/b11-9+. The van der Waals surface area contributed by atoms with Crippen LogP contribution in [0.4, 0.5) is 0 Å². The number of amides is 1. The predicted octanol–water partition coefficient (Wildman–Crippen LogP) is 2.72. The van der Waals surface area contributed by atoms with Crippen LogP contribution in [-0.4, -0.2) is 36.0 Å². The van der Waals surface area contributed by atoms with Crippen LogP contribution < -0.4 is 5.32 Å². The number of hydrogen-bond acceptors (Lipinski definition) is 2. The van der Waals surface area contributed by atoms with E-state index in [4.69, 9.17) is 0 Å². The van der Waals surface area contributed by atoms with E-state index >= 15 is 0 Å². The lowest BCUT2D eigenvalue weighted by molar-refractivity contribution is -0.132. The highest BCUT2D eigenvalue weighted by molar-refractivity contribution is 5.81. The first-order valence-corrected chi connectivity index (χ1v) is 7.40. The summed E-state index contributed by atoms with van der Waals surface area (Å²) in [6.45, 7) is 7.63. The van der Waals surface area contributed by atoms with Gasteiger partial charge in [-0.1, -0.05) is 25.0 Å². The van der Waals surface area contributed by atoms with Gasteiger partial charge in [-0.2, -0.15) is 0 Å². The van der Waals surface area contributed by atoms with Gasteiger partial charge in [-0.05, 0) is 40.0 Å². The molecule has 0 aromatic heterocycles. The van der Waals surface area contributed by atoms with E-state index in [0.717, 1.165) is 19.5 Å². The van der Waals surface area contributed by atoms with Crippen LogP contribution in [0.25, 0.3) is 0 Å². The molecular weight excluding hydrogens is 224 g/mol. The maximum Gasteiger partial charge on any atom is 0.239 e. The molecule has 0 radical (unpaired) electrons.